The first-order chi connectivity index (χ1) is 15.5. The van der Waals surface area contributed by atoms with Crippen LogP contribution < -0.4 is 10.1 Å². The lowest BCUT2D eigenvalue weighted by atomic mass is 10.2. The Kier molecular flexibility index (Phi) is 7.14. The number of amidine groups is 1. The molecule has 0 saturated carbocycles. The van der Waals surface area contributed by atoms with Gasteiger partial charge in [0.15, 0.2) is 5.17 Å². The molecular weight excluding hydrogens is 466 g/mol. The maximum atomic E-state index is 13.1. The molecule has 0 radical (unpaired) electrons. The molecule has 0 spiro atoms. The normalized spacial score (nSPS) is 17.4. The third-order valence-electron chi connectivity index (χ3n) is 4.74. The molecule has 0 bridgehead atoms. The van der Waals surface area contributed by atoms with Gasteiger partial charge in [-0.15, -0.1) is 11.3 Å². The molecule has 1 aliphatic heterocycles. The molecule has 0 aliphatic carbocycles. The van der Waals surface area contributed by atoms with Crippen molar-refractivity contribution >= 4 is 63.1 Å². The summed E-state index contributed by atoms with van der Waals surface area (Å²) in [5.41, 5.74) is 1.30. The number of halogens is 1. The second-order valence-corrected chi connectivity index (χ2v) is 9.60. The number of benzene rings is 2. The summed E-state index contributed by atoms with van der Waals surface area (Å²) in [4.78, 5) is 33.3. The number of anilines is 1. The van der Waals surface area contributed by atoms with Crippen molar-refractivity contribution in [3.05, 3.63) is 75.9 Å². The van der Waals surface area contributed by atoms with Crippen molar-refractivity contribution in [3.8, 4) is 5.75 Å². The number of methoxy groups -OCH3 is 1. The quantitative estimate of drug-likeness (QED) is 0.495. The number of thioether (sulfide) groups is 1. The highest BCUT2D eigenvalue weighted by Crippen LogP contribution is 2.32. The molecule has 32 heavy (non-hydrogen) atoms. The van der Waals surface area contributed by atoms with E-state index in [0.717, 1.165) is 10.6 Å². The Labute approximate surface area is 199 Å². The van der Waals surface area contributed by atoms with Crippen molar-refractivity contribution in [1.29, 1.82) is 0 Å². The lowest BCUT2D eigenvalue weighted by Crippen LogP contribution is -2.44. The van der Waals surface area contributed by atoms with Crippen molar-refractivity contribution in [2.45, 2.75) is 18.2 Å². The van der Waals surface area contributed by atoms with Crippen LogP contribution in [0.5, 0.6) is 5.75 Å². The summed E-state index contributed by atoms with van der Waals surface area (Å²) in [6, 6.07) is 18.0. The minimum Gasteiger partial charge on any atom is -0.497 e. The van der Waals surface area contributed by atoms with Gasteiger partial charge in [-0.1, -0.05) is 29.4 Å². The predicted molar refractivity (Wildman–Crippen MR) is 131 cm³/mol. The number of hydrogen-bond donors (Lipinski definition) is 1. The zero-order chi connectivity index (χ0) is 22.5. The number of thiophene rings is 1. The summed E-state index contributed by atoms with van der Waals surface area (Å²) >= 11 is 8.78. The molecule has 1 unspecified atom stereocenters. The van der Waals surface area contributed by atoms with Gasteiger partial charge in [0.2, 0.25) is 11.8 Å². The molecule has 3 aromatic rings. The van der Waals surface area contributed by atoms with Gasteiger partial charge in [-0.25, -0.2) is 4.99 Å². The van der Waals surface area contributed by atoms with Gasteiger partial charge in [0, 0.05) is 22.0 Å². The van der Waals surface area contributed by atoms with Crippen molar-refractivity contribution in [2.24, 2.45) is 4.99 Å². The lowest BCUT2D eigenvalue weighted by molar-refractivity contribution is -0.129. The minimum absolute atomic E-state index is 0.0943. The predicted octanol–water partition coefficient (Wildman–Crippen LogP) is 5.57. The highest BCUT2D eigenvalue weighted by Gasteiger charge is 2.36. The Hall–Kier alpha value is -2.81. The Balaban J connectivity index is 1.58. The maximum absolute atomic E-state index is 13.1. The fourth-order valence-electron chi connectivity index (χ4n) is 3.08. The number of ether oxygens (including phenoxy) is 1. The molecule has 6 nitrogen and oxygen atoms in total. The maximum Gasteiger partial charge on any atom is 0.238 e. The molecular formula is C23H20ClN3O3S2. The van der Waals surface area contributed by atoms with Crippen LogP contribution in [0.25, 0.3) is 0 Å². The van der Waals surface area contributed by atoms with Crippen LogP contribution in [0.2, 0.25) is 5.02 Å². The van der Waals surface area contributed by atoms with E-state index in [9.17, 15) is 9.59 Å². The third kappa shape index (κ3) is 5.51. The van der Waals surface area contributed by atoms with Gasteiger partial charge in [-0.05, 0) is 60.0 Å². The first-order valence-electron chi connectivity index (χ1n) is 9.80. The number of rotatable bonds is 6. The Morgan fingerprint density at radius 1 is 1.19 bits per heavy atom. The van der Waals surface area contributed by atoms with Crippen molar-refractivity contribution < 1.29 is 14.3 Å². The van der Waals surface area contributed by atoms with E-state index in [1.165, 1.54) is 11.8 Å². The van der Waals surface area contributed by atoms with Crippen molar-refractivity contribution in [2.75, 3.05) is 12.4 Å². The smallest absolute Gasteiger partial charge is 0.238 e. The van der Waals surface area contributed by atoms with Gasteiger partial charge < -0.3 is 10.1 Å². The van der Waals surface area contributed by atoms with Crippen LogP contribution >= 0.6 is 34.7 Å². The van der Waals surface area contributed by atoms with E-state index in [0.29, 0.717) is 28.1 Å². The molecule has 4 rings (SSSR count). The zero-order valence-electron chi connectivity index (χ0n) is 17.2. The van der Waals surface area contributed by atoms with Crippen LogP contribution in [0, 0.1) is 0 Å². The molecule has 2 heterocycles. The van der Waals surface area contributed by atoms with E-state index in [-0.39, 0.29) is 18.2 Å². The van der Waals surface area contributed by atoms with Gasteiger partial charge in [0.05, 0.1) is 19.3 Å². The van der Waals surface area contributed by atoms with Crippen LogP contribution in [0.3, 0.4) is 0 Å². The summed E-state index contributed by atoms with van der Waals surface area (Å²) in [7, 11) is 1.60. The summed E-state index contributed by atoms with van der Waals surface area (Å²) in [6.07, 6.45) is 0.0943. The van der Waals surface area contributed by atoms with Crippen molar-refractivity contribution in [1.82, 2.24) is 4.90 Å². The number of carbonyl (C=O) groups excluding carboxylic acids is 2. The highest BCUT2D eigenvalue weighted by atomic mass is 35.5. The molecule has 164 valence electrons. The number of amides is 2. The average Bonchev–Trinajstić information content (AvgIpc) is 3.31. The van der Waals surface area contributed by atoms with Crippen LogP contribution in [0.1, 0.15) is 11.3 Å². The van der Waals surface area contributed by atoms with Gasteiger partial charge >= 0.3 is 0 Å². The number of nitrogens with zero attached hydrogens (tertiary/aromatic N) is 2. The Morgan fingerprint density at radius 2 is 1.94 bits per heavy atom. The number of aliphatic imine (C=N–C) groups is 1. The first-order valence-corrected chi connectivity index (χ1v) is 11.9. The molecule has 1 fully saturated rings. The fourth-order valence-corrected chi connectivity index (χ4v) is 5.00. The van der Waals surface area contributed by atoms with E-state index in [4.69, 9.17) is 21.3 Å². The van der Waals surface area contributed by atoms with E-state index in [2.05, 4.69) is 5.32 Å². The standard InChI is InChI=1S/C23H20ClN3O3S2/c1-30-18-10-8-17(9-11-18)26-23-27(14-19-3-2-12-31-19)21(28)13-20(32-23)22(29)25-16-6-4-15(24)5-7-16/h2-12,20H,13-14H2,1H3,(H,25,29). The Morgan fingerprint density at radius 3 is 2.59 bits per heavy atom. The Bertz CT molecular complexity index is 1120. The largest absolute Gasteiger partial charge is 0.497 e. The van der Waals surface area contributed by atoms with E-state index < -0.39 is 5.25 Å². The topological polar surface area (TPSA) is 71.0 Å². The number of nitrogens with one attached hydrogen (secondary N) is 1. The van der Waals surface area contributed by atoms with Crippen LogP contribution in [-0.4, -0.2) is 34.2 Å². The van der Waals surface area contributed by atoms with E-state index in [1.54, 1.807) is 47.6 Å². The molecule has 1 N–H and O–H groups in total. The van der Waals surface area contributed by atoms with E-state index >= 15 is 0 Å². The van der Waals surface area contributed by atoms with Gasteiger partial charge in [0.25, 0.3) is 0 Å². The summed E-state index contributed by atoms with van der Waals surface area (Å²) in [5.74, 6) is 0.335. The first kappa shape index (κ1) is 22.4. The van der Waals surface area contributed by atoms with Crippen LogP contribution in [0.4, 0.5) is 11.4 Å². The SMILES string of the molecule is COc1ccc(N=C2SC(C(=O)Nc3ccc(Cl)cc3)CC(=O)N2Cc2cccs2)cc1. The fraction of sp³-hybridized carbons (Fsp3) is 0.174. The summed E-state index contributed by atoms with van der Waals surface area (Å²) in [6.45, 7) is 0.421. The van der Waals surface area contributed by atoms with Gasteiger partial charge in [0.1, 0.15) is 11.0 Å². The highest BCUT2D eigenvalue weighted by molar-refractivity contribution is 8.15. The van der Waals surface area contributed by atoms with Crippen molar-refractivity contribution in [3.63, 3.8) is 0 Å². The monoisotopic (exact) mass is 485 g/mol. The molecule has 2 amide bonds. The third-order valence-corrected chi connectivity index (χ3v) is 7.04. The van der Waals surface area contributed by atoms with Crippen LogP contribution in [0.15, 0.2) is 71.0 Å². The molecule has 1 atom stereocenters. The number of carbonyl (C=O) groups is 2. The summed E-state index contributed by atoms with van der Waals surface area (Å²) < 4.78 is 5.20. The minimum atomic E-state index is -0.588. The molecule has 1 aromatic heterocycles. The molecule has 1 aliphatic rings. The molecule has 2 aromatic carbocycles. The second-order valence-electron chi connectivity index (χ2n) is 6.96. The average molecular weight is 486 g/mol. The van der Waals surface area contributed by atoms with Gasteiger partial charge in [-0.3, -0.25) is 14.5 Å². The van der Waals surface area contributed by atoms with Gasteiger partial charge in [-0.2, -0.15) is 0 Å². The van der Waals surface area contributed by atoms with E-state index in [1.807, 2.05) is 41.8 Å². The zero-order valence-corrected chi connectivity index (χ0v) is 19.5. The lowest BCUT2D eigenvalue weighted by Gasteiger charge is -2.31. The number of hydrogen-bond acceptors (Lipinski definition) is 6. The molecule has 9 heteroatoms. The second kappa shape index (κ2) is 10.2. The summed E-state index contributed by atoms with van der Waals surface area (Å²) in [5, 5.41) is 5.33. The van der Waals surface area contributed by atoms with Crippen LogP contribution in [-0.2, 0) is 16.1 Å². The molecule has 1 saturated heterocycles.